The first-order valence-corrected chi connectivity index (χ1v) is 7.46. The predicted octanol–water partition coefficient (Wildman–Crippen LogP) is 3.96. The molecule has 104 valence electrons. The van der Waals surface area contributed by atoms with Crippen LogP contribution in [-0.2, 0) is 4.79 Å². The average molecular weight is 278 g/mol. The zero-order valence-electron chi connectivity index (χ0n) is 12.5. The third kappa shape index (κ3) is 2.59. The minimum atomic E-state index is -0.268. The van der Waals surface area contributed by atoms with Gasteiger partial charge in [0.15, 0.2) is 5.82 Å². The van der Waals surface area contributed by atoms with Crippen LogP contribution in [0.3, 0.4) is 0 Å². The van der Waals surface area contributed by atoms with Crippen LogP contribution in [0.5, 0.6) is 0 Å². The van der Waals surface area contributed by atoms with Gasteiger partial charge in [-0.1, -0.05) is 26.8 Å². The van der Waals surface area contributed by atoms with E-state index < -0.39 is 0 Å². The molecule has 1 amide bonds. The summed E-state index contributed by atoms with van der Waals surface area (Å²) in [4.78, 5) is 20.3. The Bertz CT molecular complexity index is 517. The highest BCUT2D eigenvalue weighted by molar-refractivity contribution is 7.11. The Kier molecular flexibility index (Phi) is 3.33. The number of nitrogens with zero attached hydrogens (tertiary/aromatic N) is 2. The smallest absolute Gasteiger partial charge is 0.236 e. The predicted molar refractivity (Wildman–Crippen MR) is 81.3 cm³/mol. The van der Waals surface area contributed by atoms with Crippen LogP contribution < -0.4 is 4.90 Å². The molecule has 0 spiro atoms. The van der Waals surface area contributed by atoms with Crippen LogP contribution >= 0.6 is 11.3 Å². The van der Waals surface area contributed by atoms with Gasteiger partial charge in [0.25, 0.3) is 0 Å². The zero-order valence-corrected chi connectivity index (χ0v) is 13.3. The van der Waals surface area contributed by atoms with Crippen molar-refractivity contribution in [2.45, 2.75) is 47.1 Å². The number of anilines is 1. The Morgan fingerprint density at radius 3 is 2.37 bits per heavy atom. The highest BCUT2D eigenvalue weighted by atomic mass is 32.1. The van der Waals surface area contributed by atoms with Crippen molar-refractivity contribution in [3.05, 3.63) is 16.5 Å². The molecule has 0 bridgehead atoms. The molecule has 0 N–H and O–H groups in total. The van der Waals surface area contributed by atoms with Gasteiger partial charge in [-0.05, 0) is 32.3 Å². The first kappa shape index (κ1) is 14.3. The molecule has 2 rings (SSSR count). The number of fused-ring (bicyclic) bond motifs is 1. The van der Waals surface area contributed by atoms with Crippen LogP contribution in [0.4, 0.5) is 5.82 Å². The molecular weight excluding hydrogens is 256 g/mol. The Morgan fingerprint density at radius 1 is 1.21 bits per heavy atom. The van der Waals surface area contributed by atoms with Crippen molar-refractivity contribution in [3.63, 3.8) is 0 Å². The van der Waals surface area contributed by atoms with Crippen molar-refractivity contribution < 1.29 is 4.79 Å². The van der Waals surface area contributed by atoms with Crippen LogP contribution in [-0.4, -0.2) is 16.4 Å². The van der Waals surface area contributed by atoms with Gasteiger partial charge in [0, 0.05) is 5.54 Å². The molecule has 3 nitrogen and oxygen atoms in total. The monoisotopic (exact) mass is 278 g/mol. The van der Waals surface area contributed by atoms with E-state index in [1.807, 2.05) is 17.1 Å². The summed E-state index contributed by atoms with van der Waals surface area (Å²) in [7, 11) is 0. The van der Waals surface area contributed by atoms with Gasteiger partial charge in [0.1, 0.15) is 0 Å². The van der Waals surface area contributed by atoms with E-state index in [1.165, 1.54) is 0 Å². The van der Waals surface area contributed by atoms with Crippen LogP contribution in [0.25, 0.3) is 6.08 Å². The molecule has 0 aliphatic carbocycles. The molecule has 1 aromatic rings. The Hall–Kier alpha value is -1.16. The fourth-order valence-electron chi connectivity index (χ4n) is 2.35. The van der Waals surface area contributed by atoms with Crippen LogP contribution in [0, 0.1) is 11.3 Å². The second-order valence-corrected chi connectivity index (χ2v) is 7.97. The molecule has 4 heteroatoms. The van der Waals surface area contributed by atoms with Crippen molar-refractivity contribution in [2.75, 3.05) is 4.90 Å². The van der Waals surface area contributed by atoms with E-state index in [9.17, 15) is 4.79 Å². The molecule has 0 saturated carbocycles. The summed E-state index contributed by atoms with van der Waals surface area (Å²) in [5.41, 5.74) is 1.44. The molecule has 1 unspecified atom stereocenters. The van der Waals surface area contributed by atoms with Gasteiger partial charge in [-0.25, -0.2) is 4.98 Å². The molecule has 0 saturated heterocycles. The fourth-order valence-corrected chi connectivity index (χ4v) is 3.02. The van der Waals surface area contributed by atoms with Crippen LogP contribution in [0.2, 0.25) is 0 Å². The van der Waals surface area contributed by atoms with Gasteiger partial charge in [-0.3, -0.25) is 9.69 Å². The second-order valence-electron chi connectivity index (χ2n) is 7.09. The molecule has 0 radical (unpaired) electrons. The van der Waals surface area contributed by atoms with Gasteiger partial charge in [0.05, 0.1) is 16.3 Å². The fraction of sp³-hybridized carbons (Fsp3) is 0.600. The van der Waals surface area contributed by atoms with E-state index in [-0.39, 0.29) is 22.8 Å². The standard InChI is InChI=1S/C15H22N2OS/c1-14(2,3)10-7-8-11-12(16-9-19-11)17(13(10)18)15(4,5)6/h7-10H,1-6H3. The number of thiazole rings is 1. The molecule has 0 fully saturated rings. The first-order chi connectivity index (χ1) is 8.62. The number of carbonyl (C=O) groups is 1. The Balaban J connectivity index is 2.57. The van der Waals surface area contributed by atoms with Crippen LogP contribution in [0.1, 0.15) is 46.4 Å². The van der Waals surface area contributed by atoms with Gasteiger partial charge >= 0.3 is 0 Å². The summed E-state index contributed by atoms with van der Waals surface area (Å²) in [6, 6.07) is 0. The lowest BCUT2D eigenvalue weighted by Crippen LogP contribution is -2.50. The molecule has 1 aliphatic heterocycles. The normalized spacial score (nSPS) is 20.4. The molecular formula is C15H22N2OS. The van der Waals surface area contributed by atoms with E-state index in [4.69, 9.17) is 0 Å². The Morgan fingerprint density at radius 2 is 1.84 bits per heavy atom. The Labute approximate surface area is 119 Å². The van der Waals surface area contributed by atoms with Crippen LogP contribution in [0.15, 0.2) is 11.6 Å². The summed E-state index contributed by atoms with van der Waals surface area (Å²) in [5, 5.41) is 0. The number of amides is 1. The highest BCUT2D eigenvalue weighted by Gasteiger charge is 2.40. The van der Waals surface area contributed by atoms with Crippen molar-refractivity contribution in [2.24, 2.45) is 11.3 Å². The third-order valence-electron chi connectivity index (χ3n) is 3.32. The maximum atomic E-state index is 12.9. The molecule has 1 aliphatic rings. The minimum absolute atomic E-state index is 0.0920. The molecule has 0 aromatic carbocycles. The summed E-state index contributed by atoms with van der Waals surface area (Å²) in [5.74, 6) is 0.819. The summed E-state index contributed by atoms with van der Waals surface area (Å²) in [6.45, 7) is 12.5. The minimum Gasteiger partial charge on any atom is -0.290 e. The number of carbonyl (C=O) groups excluding carboxylic acids is 1. The van der Waals surface area contributed by atoms with Crippen molar-refractivity contribution >= 4 is 29.1 Å². The maximum absolute atomic E-state index is 12.9. The molecule has 19 heavy (non-hydrogen) atoms. The van der Waals surface area contributed by atoms with Gasteiger partial charge in [0.2, 0.25) is 5.91 Å². The summed E-state index contributed by atoms with van der Waals surface area (Å²) >= 11 is 1.58. The van der Waals surface area contributed by atoms with E-state index in [0.29, 0.717) is 0 Å². The lowest BCUT2D eigenvalue weighted by atomic mass is 9.79. The molecule has 1 aromatic heterocycles. The van der Waals surface area contributed by atoms with Gasteiger partial charge in [-0.15, -0.1) is 11.3 Å². The van der Waals surface area contributed by atoms with E-state index >= 15 is 0 Å². The summed E-state index contributed by atoms with van der Waals surface area (Å²) < 4.78 is 0. The van der Waals surface area contributed by atoms with E-state index in [0.717, 1.165) is 10.7 Å². The van der Waals surface area contributed by atoms with Crippen molar-refractivity contribution in [3.8, 4) is 0 Å². The van der Waals surface area contributed by atoms with Crippen molar-refractivity contribution in [1.82, 2.24) is 4.98 Å². The third-order valence-corrected chi connectivity index (χ3v) is 4.10. The lowest BCUT2D eigenvalue weighted by molar-refractivity contribution is -0.124. The molecule has 2 heterocycles. The maximum Gasteiger partial charge on any atom is 0.236 e. The lowest BCUT2D eigenvalue weighted by Gasteiger charge is -2.38. The average Bonchev–Trinajstić information content (AvgIpc) is 2.57. The quantitative estimate of drug-likeness (QED) is 0.719. The number of hydrogen-bond donors (Lipinski definition) is 0. The van der Waals surface area contributed by atoms with Crippen molar-refractivity contribution in [1.29, 1.82) is 0 Å². The topological polar surface area (TPSA) is 33.2 Å². The summed E-state index contributed by atoms with van der Waals surface area (Å²) in [6.07, 6.45) is 4.08. The van der Waals surface area contributed by atoms with E-state index in [2.05, 4.69) is 46.5 Å². The first-order valence-electron chi connectivity index (χ1n) is 6.58. The SMILES string of the molecule is CC(C)(C)C1C=Cc2scnc2N(C(C)(C)C)C1=O. The van der Waals surface area contributed by atoms with E-state index in [1.54, 1.807) is 16.8 Å². The molecule has 1 atom stereocenters. The number of hydrogen-bond acceptors (Lipinski definition) is 3. The zero-order chi connectivity index (χ0) is 14.4. The van der Waals surface area contributed by atoms with Gasteiger partial charge in [-0.2, -0.15) is 0 Å². The largest absolute Gasteiger partial charge is 0.290 e. The second kappa shape index (κ2) is 4.44. The number of rotatable bonds is 0. The highest BCUT2D eigenvalue weighted by Crippen LogP contribution is 2.39. The number of aromatic nitrogens is 1. The van der Waals surface area contributed by atoms with Gasteiger partial charge < -0.3 is 0 Å².